The van der Waals surface area contributed by atoms with Gasteiger partial charge in [-0.25, -0.2) is 8.42 Å². The molecule has 0 saturated heterocycles. The summed E-state index contributed by atoms with van der Waals surface area (Å²) in [7, 11) is -3.36. The van der Waals surface area contributed by atoms with E-state index in [1.54, 1.807) is 13.8 Å². The fourth-order valence-electron chi connectivity index (χ4n) is 1.46. The van der Waals surface area contributed by atoms with E-state index in [1.807, 2.05) is 0 Å². The minimum absolute atomic E-state index is 0.00546. The molecule has 1 aromatic rings. The van der Waals surface area contributed by atoms with Crippen molar-refractivity contribution in [2.75, 3.05) is 5.75 Å². The van der Waals surface area contributed by atoms with Crippen molar-refractivity contribution in [3.8, 4) is 5.75 Å². The molecule has 0 aliphatic heterocycles. The molecule has 1 aromatic carbocycles. The molecule has 0 aromatic heterocycles. The molecular formula is C12H16F2O3S. The van der Waals surface area contributed by atoms with Crippen molar-refractivity contribution in [3.05, 3.63) is 24.3 Å². The molecule has 0 aliphatic rings. The fraction of sp³-hybridized carbons (Fsp3) is 0.500. The van der Waals surface area contributed by atoms with Crippen LogP contribution >= 0.6 is 0 Å². The van der Waals surface area contributed by atoms with Gasteiger partial charge >= 0.3 is 6.11 Å². The van der Waals surface area contributed by atoms with E-state index in [4.69, 9.17) is 0 Å². The molecule has 0 atom stereocenters. The van der Waals surface area contributed by atoms with Crippen molar-refractivity contribution in [1.82, 2.24) is 0 Å². The second kappa shape index (κ2) is 5.22. The second-order valence-electron chi connectivity index (χ2n) is 4.56. The van der Waals surface area contributed by atoms with Crippen LogP contribution in [0.5, 0.6) is 5.75 Å². The van der Waals surface area contributed by atoms with Gasteiger partial charge in [-0.1, -0.05) is 13.8 Å². The molecule has 0 unspecified atom stereocenters. The highest BCUT2D eigenvalue weighted by Gasteiger charge is 2.23. The molecule has 0 heterocycles. The summed E-state index contributed by atoms with van der Waals surface area (Å²) < 4.78 is 53.2. The molecule has 0 fully saturated rings. The summed E-state index contributed by atoms with van der Waals surface area (Å²) in [5.41, 5.74) is 0. The van der Waals surface area contributed by atoms with Gasteiger partial charge < -0.3 is 4.74 Å². The molecule has 0 bridgehead atoms. The number of halogens is 2. The average Bonchev–Trinajstić information content (AvgIpc) is 2.13. The summed E-state index contributed by atoms with van der Waals surface area (Å²) in [4.78, 5) is 0.114. The van der Waals surface area contributed by atoms with Gasteiger partial charge in [-0.3, -0.25) is 0 Å². The van der Waals surface area contributed by atoms with Crippen LogP contribution in [-0.4, -0.2) is 20.3 Å². The van der Waals surface area contributed by atoms with Gasteiger partial charge in [0.2, 0.25) is 0 Å². The molecule has 0 radical (unpaired) electrons. The SMILES string of the molecule is CC(C)CS(=O)(=O)c1ccc(OC(C)(F)F)cc1. The normalized spacial score (nSPS) is 12.8. The Kier molecular flexibility index (Phi) is 4.32. The van der Waals surface area contributed by atoms with E-state index in [1.165, 1.54) is 24.3 Å². The van der Waals surface area contributed by atoms with Crippen molar-refractivity contribution in [2.45, 2.75) is 31.8 Å². The molecule has 102 valence electrons. The number of hydrogen-bond donors (Lipinski definition) is 0. The van der Waals surface area contributed by atoms with Crippen molar-refractivity contribution < 1.29 is 21.9 Å². The van der Waals surface area contributed by atoms with E-state index >= 15 is 0 Å². The number of alkyl halides is 2. The average molecular weight is 278 g/mol. The van der Waals surface area contributed by atoms with Gasteiger partial charge in [-0.2, -0.15) is 8.78 Å². The summed E-state index contributed by atoms with van der Waals surface area (Å²) in [5, 5.41) is 0. The van der Waals surface area contributed by atoms with Gasteiger partial charge in [-0.15, -0.1) is 0 Å². The molecule has 3 nitrogen and oxygen atoms in total. The standard InChI is InChI=1S/C12H16F2O3S/c1-9(2)8-18(15,16)11-6-4-10(5-7-11)17-12(3,13)14/h4-7,9H,8H2,1-3H3. The Morgan fingerprint density at radius 2 is 1.72 bits per heavy atom. The highest BCUT2D eigenvalue weighted by atomic mass is 32.2. The Balaban J connectivity index is 2.90. The van der Waals surface area contributed by atoms with E-state index < -0.39 is 15.9 Å². The summed E-state index contributed by atoms with van der Waals surface area (Å²) in [6, 6.07) is 5.01. The largest absolute Gasteiger partial charge is 0.433 e. The van der Waals surface area contributed by atoms with Gasteiger partial charge in [0.25, 0.3) is 0 Å². The van der Waals surface area contributed by atoms with Gasteiger partial charge in [-0.05, 0) is 30.2 Å². The Hall–Kier alpha value is -1.17. The highest BCUT2D eigenvalue weighted by Crippen LogP contribution is 2.23. The number of ether oxygens (including phenoxy) is 1. The van der Waals surface area contributed by atoms with E-state index in [-0.39, 0.29) is 22.3 Å². The lowest BCUT2D eigenvalue weighted by atomic mass is 10.3. The Bertz CT molecular complexity index is 487. The zero-order chi connectivity index (χ0) is 14.0. The van der Waals surface area contributed by atoms with Gasteiger partial charge in [0.05, 0.1) is 10.6 Å². The first kappa shape index (κ1) is 14.9. The molecule has 0 aliphatic carbocycles. The number of hydrogen-bond acceptors (Lipinski definition) is 3. The minimum Gasteiger partial charge on any atom is -0.433 e. The Morgan fingerprint density at radius 1 is 1.22 bits per heavy atom. The van der Waals surface area contributed by atoms with Crippen LogP contribution in [0.2, 0.25) is 0 Å². The molecule has 0 N–H and O–H groups in total. The van der Waals surface area contributed by atoms with Crippen LogP contribution in [0.3, 0.4) is 0 Å². The topological polar surface area (TPSA) is 43.4 Å². The first-order valence-corrected chi connectivity index (χ1v) is 7.15. The molecule has 18 heavy (non-hydrogen) atoms. The maximum absolute atomic E-state index is 12.6. The second-order valence-corrected chi connectivity index (χ2v) is 6.59. The van der Waals surface area contributed by atoms with Crippen LogP contribution in [0.4, 0.5) is 8.78 Å². The zero-order valence-corrected chi connectivity index (χ0v) is 11.3. The third-order valence-electron chi connectivity index (χ3n) is 2.03. The predicted octanol–water partition coefficient (Wildman–Crippen LogP) is 3.11. The lowest BCUT2D eigenvalue weighted by Gasteiger charge is -2.13. The third-order valence-corrected chi connectivity index (χ3v) is 4.13. The fourth-order valence-corrected chi connectivity index (χ4v) is 3.08. The summed E-state index contributed by atoms with van der Waals surface area (Å²) in [5.74, 6) is -0.0335. The van der Waals surface area contributed by atoms with Crippen LogP contribution in [0.1, 0.15) is 20.8 Å². The van der Waals surface area contributed by atoms with E-state index in [9.17, 15) is 17.2 Å². The summed E-state index contributed by atoms with van der Waals surface area (Å²) >= 11 is 0. The van der Waals surface area contributed by atoms with E-state index in [0.717, 1.165) is 0 Å². The zero-order valence-electron chi connectivity index (χ0n) is 10.5. The van der Waals surface area contributed by atoms with Gasteiger partial charge in [0, 0.05) is 6.92 Å². The van der Waals surface area contributed by atoms with Gasteiger partial charge in [0.1, 0.15) is 5.75 Å². The van der Waals surface area contributed by atoms with Crippen LogP contribution < -0.4 is 4.74 Å². The summed E-state index contributed by atoms with van der Waals surface area (Å²) in [6.07, 6.45) is -3.28. The lowest BCUT2D eigenvalue weighted by Crippen LogP contribution is -2.19. The maximum atomic E-state index is 12.6. The van der Waals surface area contributed by atoms with Crippen LogP contribution in [-0.2, 0) is 9.84 Å². The molecule has 0 amide bonds. The first-order valence-electron chi connectivity index (χ1n) is 5.50. The van der Waals surface area contributed by atoms with Gasteiger partial charge in [0.15, 0.2) is 9.84 Å². The molecule has 0 spiro atoms. The van der Waals surface area contributed by atoms with Crippen LogP contribution in [0.25, 0.3) is 0 Å². The van der Waals surface area contributed by atoms with Crippen molar-refractivity contribution in [1.29, 1.82) is 0 Å². The molecular weight excluding hydrogens is 262 g/mol. The molecule has 1 rings (SSSR count). The molecule has 0 saturated carbocycles. The number of benzene rings is 1. The highest BCUT2D eigenvalue weighted by molar-refractivity contribution is 7.91. The smallest absolute Gasteiger partial charge is 0.394 e. The van der Waals surface area contributed by atoms with Crippen molar-refractivity contribution in [2.24, 2.45) is 5.92 Å². The maximum Gasteiger partial charge on any atom is 0.394 e. The van der Waals surface area contributed by atoms with Crippen molar-refractivity contribution in [3.63, 3.8) is 0 Å². The molecule has 6 heteroatoms. The van der Waals surface area contributed by atoms with Crippen LogP contribution in [0, 0.1) is 5.92 Å². The van der Waals surface area contributed by atoms with E-state index in [2.05, 4.69) is 4.74 Å². The number of rotatable bonds is 5. The Morgan fingerprint density at radius 3 is 2.11 bits per heavy atom. The van der Waals surface area contributed by atoms with E-state index in [0.29, 0.717) is 6.92 Å². The summed E-state index contributed by atoms with van der Waals surface area (Å²) in [6.45, 7) is 4.22. The lowest BCUT2D eigenvalue weighted by molar-refractivity contribution is -0.158. The first-order chi connectivity index (χ1) is 8.10. The Labute approximate surface area is 106 Å². The van der Waals surface area contributed by atoms with Crippen LogP contribution in [0.15, 0.2) is 29.2 Å². The minimum atomic E-state index is -3.36. The van der Waals surface area contributed by atoms with Crippen molar-refractivity contribution >= 4 is 9.84 Å². The third kappa shape index (κ3) is 4.60. The predicted molar refractivity (Wildman–Crippen MR) is 64.6 cm³/mol. The number of sulfone groups is 1. The monoisotopic (exact) mass is 278 g/mol. The quantitative estimate of drug-likeness (QED) is 0.831.